The maximum atomic E-state index is 12.2. The highest BCUT2D eigenvalue weighted by Crippen LogP contribution is 2.28. The molecule has 1 heterocycles. The molecule has 0 radical (unpaired) electrons. The van der Waals surface area contributed by atoms with E-state index in [0.717, 1.165) is 24.1 Å². The van der Waals surface area contributed by atoms with Crippen LogP contribution in [0.2, 0.25) is 0 Å². The Morgan fingerprint density at radius 1 is 1.38 bits per heavy atom. The predicted molar refractivity (Wildman–Crippen MR) is 84.3 cm³/mol. The van der Waals surface area contributed by atoms with Gasteiger partial charge in [-0.2, -0.15) is 0 Å². The van der Waals surface area contributed by atoms with Gasteiger partial charge in [-0.15, -0.1) is 0 Å². The summed E-state index contributed by atoms with van der Waals surface area (Å²) in [7, 11) is 0. The molecule has 1 N–H and O–H groups in total. The molecule has 0 aromatic heterocycles. The molecule has 0 aliphatic carbocycles. The summed E-state index contributed by atoms with van der Waals surface area (Å²) in [5, 5.41) is 2.92. The number of benzene rings is 1. The molecule has 4 heteroatoms. The van der Waals surface area contributed by atoms with Crippen LogP contribution in [0.4, 0.5) is 5.69 Å². The Kier molecular flexibility index (Phi) is 4.99. The maximum absolute atomic E-state index is 12.2. The molecule has 4 nitrogen and oxygen atoms in total. The Morgan fingerprint density at radius 3 is 2.81 bits per heavy atom. The lowest BCUT2D eigenvalue weighted by Crippen LogP contribution is -2.33. The van der Waals surface area contributed by atoms with Crippen LogP contribution < -0.4 is 10.2 Å². The van der Waals surface area contributed by atoms with Gasteiger partial charge in [-0.1, -0.05) is 31.0 Å². The molecule has 1 fully saturated rings. The predicted octanol–water partition coefficient (Wildman–Crippen LogP) is 2.57. The van der Waals surface area contributed by atoms with Crippen molar-refractivity contribution in [2.45, 2.75) is 40.0 Å². The second-order valence-electron chi connectivity index (χ2n) is 5.84. The van der Waals surface area contributed by atoms with Gasteiger partial charge in [0.2, 0.25) is 11.8 Å². The normalized spacial score (nSPS) is 18.1. The van der Waals surface area contributed by atoms with Crippen LogP contribution in [0.1, 0.15) is 37.3 Å². The molecule has 0 unspecified atom stereocenters. The van der Waals surface area contributed by atoms with E-state index < -0.39 is 0 Å². The third kappa shape index (κ3) is 3.63. The van der Waals surface area contributed by atoms with Crippen molar-refractivity contribution < 1.29 is 9.59 Å². The highest BCUT2D eigenvalue weighted by molar-refractivity contribution is 6.00. The fraction of sp³-hybridized carbons (Fsp3) is 0.529. The van der Waals surface area contributed by atoms with E-state index in [4.69, 9.17) is 0 Å². The van der Waals surface area contributed by atoms with Gasteiger partial charge in [0.1, 0.15) is 0 Å². The van der Waals surface area contributed by atoms with Crippen molar-refractivity contribution in [2.75, 3.05) is 18.0 Å². The van der Waals surface area contributed by atoms with Crippen LogP contribution in [-0.4, -0.2) is 24.9 Å². The second kappa shape index (κ2) is 6.74. The minimum Gasteiger partial charge on any atom is -0.356 e. The van der Waals surface area contributed by atoms with Crippen molar-refractivity contribution in [1.29, 1.82) is 0 Å². The summed E-state index contributed by atoms with van der Waals surface area (Å²) in [6, 6.07) is 6.04. The molecule has 0 spiro atoms. The third-order valence-electron chi connectivity index (χ3n) is 3.97. The van der Waals surface area contributed by atoms with E-state index >= 15 is 0 Å². The lowest BCUT2D eigenvalue weighted by molar-refractivity contribution is -0.126. The van der Waals surface area contributed by atoms with Crippen LogP contribution in [0.3, 0.4) is 0 Å². The number of aryl methyl sites for hydroxylation is 2. The van der Waals surface area contributed by atoms with Crippen LogP contribution in [-0.2, 0) is 9.59 Å². The van der Waals surface area contributed by atoms with Crippen LogP contribution >= 0.6 is 0 Å². The van der Waals surface area contributed by atoms with Crippen molar-refractivity contribution in [3.63, 3.8) is 0 Å². The topological polar surface area (TPSA) is 49.4 Å². The average Bonchev–Trinajstić information content (AvgIpc) is 2.81. The fourth-order valence-electron chi connectivity index (χ4n) is 2.76. The average molecular weight is 288 g/mol. The van der Waals surface area contributed by atoms with Gasteiger partial charge >= 0.3 is 0 Å². The van der Waals surface area contributed by atoms with Gasteiger partial charge in [0, 0.05) is 25.2 Å². The number of anilines is 1. The van der Waals surface area contributed by atoms with Gasteiger partial charge in [-0.05, 0) is 31.9 Å². The molecule has 1 aliphatic rings. The standard InChI is InChI=1S/C17H24N2O2/c1-4-5-8-18-17(21)14-10-16(20)19(11-14)15-7-6-12(2)9-13(15)3/h6-7,9,14H,4-5,8,10-11H2,1-3H3,(H,18,21)/t14-/m1/s1. The van der Waals surface area contributed by atoms with Gasteiger partial charge in [0.15, 0.2) is 0 Å². The van der Waals surface area contributed by atoms with Crippen molar-refractivity contribution in [2.24, 2.45) is 5.92 Å². The SMILES string of the molecule is CCCCNC(=O)[C@@H]1CC(=O)N(c2ccc(C)cc2C)C1. The summed E-state index contributed by atoms with van der Waals surface area (Å²) in [6.07, 6.45) is 2.34. The van der Waals surface area contributed by atoms with E-state index in [1.165, 1.54) is 5.56 Å². The quantitative estimate of drug-likeness (QED) is 0.847. The van der Waals surface area contributed by atoms with Gasteiger partial charge in [0.25, 0.3) is 0 Å². The summed E-state index contributed by atoms with van der Waals surface area (Å²) in [5.74, 6) is -0.184. The van der Waals surface area contributed by atoms with Gasteiger partial charge in [-0.3, -0.25) is 9.59 Å². The molecule has 2 amide bonds. The van der Waals surface area contributed by atoms with Crippen LogP contribution in [0.5, 0.6) is 0 Å². The lowest BCUT2D eigenvalue weighted by Gasteiger charge is -2.19. The van der Waals surface area contributed by atoms with Gasteiger partial charge in [-0.25, -0.2) is 0 Å². The smallest absolute Gasteiger partial charge is 0.227 e. The summed E-state index contributed by atoms with van der Waals surface area (Å²) in [6.45, 7) is 7.31. The number of nitrogens with zero attached hydrogens (tertiary/aromatic N) is 1. The molecule has 1 aromatic rings. The molecule has 0 saturated carbocycles. The maximum Gasteiger partial charge on any atom is 0.227 e. The fourth-order valence-corrected chi connectivity index (χ4v) is 2.76. The summed E-state index contributed by atoms with van der Waals surface area (Å²) >= 11 is 0. The minimum absolute atomic E-state index is 0.00376. The second-order valence-corrected chi connectivity index (χ2v) is 5.84. The highest BCUT2D eigenvalue weighted by atomic mass is 16.2. The first-order chi connectivity index (χ1) is 10.0. The Bertz CT molecular complexity index is 540. The minimum atomic E-state index is -0.227. The zero-order valence-electron chi connectivity index (χ0n) is 13.1. The molecule has 1 aliphatic heterocycles. The molecular formula is C17H24N2O2. The number of hydrogen-bond acceptors (Lipinski definition) is 2. The Labute approximate surface area is 126 Å². The third-order valence-corrected chi connectivity index (χ3v) is 3.97. The number of carbonyl (C=O) groups excluding carboxylic acids is 2. The summed E-state index contributed by atoms with van der Waals surface area (Å²) < 4.78 is 0. The Morgan fingerprint density at radius 2 is 2.14 bits per heavy atom. The Balaban J connectivity index is 2.04. The lowest BCUT2D eigenvalue weighted by atomic mass is 10.1. The zero-order valence-corrected chi connectivity index (χ0v) is 13.1. The molecule has 1 saturated heterocycles. The molecular weight excluding hydrogens is 264 g/mol. The monoisotopic (exact) mass is 288 g/mol. The van der Waals surface area contributed by atoms with Gasteiger partial charge in [0.05, 0.1) is 5.92 Å². The van der Waals surface area contributed by atoms with E-state index in [1.54, 1.807) is 4.90 Å². The molecule has 114 valence electrons. The zero-order chi connectivity index (χ0) is 15.4. The number of carbonyl (C=O) groups is 2. The number of rotatable bonds is 5. The molecule has 2 rings (SSSR count). The van der Waals surface area contributed by atoms with Gasteiger partial charge < -0.3 is 10.2 Å². The van der Waals surface area contributed by atoms with E-state index in [2.05, 4.69) is 18.3 Å². The van der Waals surface area contributed by atoms with Crippen molar-refractivity contribution in [1.82, 2.24) is 5.32 Å². The largest absolute Gasteiger partial charge is 0.356 e. The number of unbranched alkanes of at least 4 members (excludes halogenated alkanes) is 1. The van der Waals surface area contributed by atoms with Crippen LogP contribution in [0, 0.1) is 19.8 Å². The van der Waals surface area contributed by atoms with Crippen molar-refractivity contribution >= 4 is 17.5 Å². The molecule has 0 bridgehead atoms. The number of nitrogens with one attached hydrogen (secondary N) is 1. The first-order valence-corrected chi connectivity index (χ1v) is 7.68. The number of hydrogen-bond donors (Lipinski definition) is 1. The van der Waals surface area contributed by atoms with E-state index in [-0.39, 0.29) is 17.7 Å². The Hall–Kier alpha value is -1.84. The van der Waals surface area contributed by atoms with E-state index in [1.807, 2.05) is 26.0 Å². The van der Waals surface area contributed by atoms with Crippen molar-refractivity contribution in [3.05, 3.63) is 29.3 Å². The molecule has 1 atom stereocenters. The summed E-state index contributed by atoms with van der Waals surface area (Å²) in [5.41, 5.74) is 3.18. The first kappa shape index (κ1) is 15.5. The number of amides is 2. The van der Waals surface area contributed by atoms with Crippen LogP contribution in [0.15, 0.2) is 18.2 Å². The van der Waals surface area contributed by atoms with E-state index in [9.17, 15) is 9.59 Å². The summed E-state index contributed by atoms with van der Waals surface area (Å²) in [4.78, 5) is 26.0. The molecule has 21 heavy (non-hydrogen) atoms. The van der Waals surface area contributed by atoms with Crippen LogP contribution in [0.25, 0.3) is 0 Å². The highest BCUT2D eigenvalue weighted by Gasteiger charge is 2.35. The molecule has 1 aromatic carbocycles. The van der Waals surface area contributed by atoms with E-state index in [0.29, 0.717) is 19.5 Å². The first-order valence-electron chi connectivity index (χ1n) is 7.68. The van der Waals surface area contributed by atoms with Crippen molar-refractivity contribution in [3.8, 4) is 0 Å².